The van der Waals surface area contributed by atoms with Crippen molar-refractivity contribution >= 4 is 19.7 Å². The van der Waals surface area contributed by atoms with E-state index in [1.54, 1.807) is 6.33 Å². The molecule has 0 N–H and O–H groups in total. The Morgan fingerprint density at radius 2 is 2.06 bits per heavy atom. The summed E-state index contributed by atoms with van der Waals surface area (Å²) >= 11 is 0. The molecule has 6 rings (SSSR count). The van der Waals surface area contributed by atoms with Crippen molar-refractivity contribution in [2.75, 3.05) is 6.54 Å². The van der Waals surface area contributed by atoms with Gasteiger partial charge >= 0.3 is 0 Å². The molecule has 0 unspecified atom stereocenters. The van der Waals surface area contributed by atoms with Crippen LogP contribution in [0.4, 0.5) is 0 Å². The molecule has 3 aliphatic rings. The van der Waals surface area contributed by atoms with Gasteiger partial charge < -0.3 is 13.8 Å². The molecule has 0 saturated carbocycles. The lowest BCUT2D eigenvalue weighted by Gasteiger charge is -2.29. The molecule has 33 heavy (non-hydrogen) atoms. The molecule has 2 aromatic heterocycles. The Kier molecular flexibility index (Phi) is 5.46. The van der Waals surface area contributed by atoms with Gasteiger partial charge in [0.2, 0.25) is 0 Å². The van der Waals surface area contributed by atoms with Crippen LogP contribution in [0.25, 0.3) is 11.2 Å². The number of aromatic nitrogens is 4. The predicted molar refractivity (Wildman–Crippen MR) is 125 cm³/mol. The van der Waals surface area contributed by atoms with Crippen LogP contribution in [0.15, 0.2) is 43.0 Å². The number of hydrogen-bond donors (Lipinski definition) is 0. The van der Waals surface area contributed by atoms with Crippen molar-refractivity contribution in [3.63, 3.8) is 0 Å². The lowest BCUT2D eigenvalue weighted by molar-refractivity contribution is -0.0163. The Morgan fingerprint density at radius 3 is 2.88 bits per heavy atom. The van der Waals surface area contributed by atoms with Gasteiger partial charge in [0.05, 0.1) is 30.3 Å². The molecule has 0 radical (unpaired) electrons. The Labute approximate surface area is 195 Å². The number of ether oxygens (including phenoxy) is 1. The summed E-state index contributed by atoms with van der Waals surface area (Å²) in [5, 5.41) is 0. The molecule has 5 heterocycles. The van der Waals surface area contributed by atoms with Crippen LogP contribution in [-0.2, 0) is 19.4 Å². The van der Waals surface area contributed by atoms with Gasteiger partial charge in [-0.25, -0.2) is 19.6 Å². The minimum absolute atomic E-state index is 0.00567. The fourth-order valence-electron chi connectivity index (χ4n) is 5.52. The first-order valence-corrected chi connectivity index (χ1v) is 13.0. The smallest absolute Gasteiger partial charge is 0.260 e. The Morgan fingerprint density at radius 1 is 1.21 bits per heavy atom. The zero-order chi connectivity index (χ0) is 22.6. The molecular formula is C24H30N5O3P. The zero-order valence-electron chi connectivity index (χ0n) is 19.3. The number of fused-ring (bicyclic) bond motifs is 2. The van der Waals surface area contributed by atoms with Gasteiger partial charge in [-0.1, -0.05) is 37.3 Å². The number of imidazole rings is 1. The average Bonchev–Trinajstić information content (AvgIpc) is 3.60. The summed E-state index contributed by atoms with van der Waals surface area (Å²) in [6, 6.07) is 10.9. The molecule has 3 aliphatic heterocycles. The van der Waals surface area contributed by atoms with Crippen molar-refractivity contribution in [3.05, 3.63) is 54.2 Å². The SMILES string of the molecule is CC[C@H]1O[C@@H](n2cnc3c(C)ncnc32)C[C@H]1O[P@]1O[C@@](C)(c2ccccc2)[C@H]2CCCN21. The van der Waals surface area contributed by atoms with Gasteiger partial charge in [-0.3, -0.25) is 4.57 Å². The Hall–Kier alpha value is -1.96. The van der Waals surface area contributed by atoms with Crippen LogP contribution in [0.3, 0.4) is 0 Å². The quantitative estimate of drug-likeness (QED) is 0.497. The summed E-state index contributed by atoms with van der Waals surface area (Å²) in [5.74, 6) is 0. The highest BCUT2D eigenvalue weighted by molar-refractivity contribution is 7.45. The van der Waals surface area contributed by atoms with Gasteiger partial charge in [0.1, 0.15) is 23.7 Å². The molecule has 9 heteroatoms. The van der Waals surface area contributed by atoms with Crippen LogP contribution in [0.2, 0.25) is 0 Å². The molecule has 3 aromatic rings. The van der Waals surface area contributed by atoms with Crippen LogP contribution < -0.4 is 0 Å². The van der Waals surface area contributed by atoms with E-state index in [1.165, 1.54) is 12.0 Å². The summed E-state index contributed by atoms with van der Waals surface area (Å²) in [5.41, 5.74) is 3.38. The summed E-state index contributed by atoms with van der Waals surface area (Å²) in [7, 11) is -1.15. The number of rotatable bonds is 5. The fourth-order valence-corrected chi connectivity index (χ4v) is 7.66. The third-order valence-corrected chi connectivity index (χ3v) is 9.23. The maximum absolute atomic E-state index is 6.75. The van der Waals surface area contributed by atoms with Crippen molar-refractivity contribution in [3.8, 4) is 0 Å². The normalized spacial score (nSPS) is 34.3. The standard InChI is InChI=1S/C24H30N5O3P/c1-4-18-19(13-21(30-18)28-15-27-22-16(2)25-14-26-23(22)28)31-33-29-12-8-11-20(29)24(3,32-33)17-9-6-5-7-10-17/h5-7,9-10,14-15,18-21H,4,8,11-13H2,1-3H3/t18-,19-,20-,21-,24+,33-/m1/s1. The summed E-state index contributed by atoms with van der Waals surface area (Å²) in [6.45, 7) is 7.35. The molecule has 174 valence electrons. The molecule has 6 atom stereocenters. The van der Waals surface area contributed by atoms with Gasteiger partial charge in [0, 0.05) is 13.0 Å². The van der Waals surface area contributed by atoms with Gasteiger partial charge in [-0.05, 0) is 38.7 Å². The third-order valence-electron chi connectivity index (χ3n) is 7.35. The second-order valence-electron chi connectivity index (χ2n) is 9.32. The van der Waals surface area contributed by atoms with E-state index in [-0.39, 0.29) is 24.0 Å². The molecule has 1 aromatic carbocycles. The van der Waals surface area contributed by atoms with E-state index >= 15 is 0 Å². The lowest BCUT2D eigenvalue weighted by atomic mass is 9.87. The largest absolute Gasteiger partial charge is 0.352 e. The summed E-state index contributed by atoms with van der Waals surface area (Å²) < 4.78 is 24.4. The van der Waals surface area contributed by atoms with Crippen LogP contribution in [0.5, 0.6) is 0 Å². The van der Waals surface area contributed by atoms with Crippen LogP contribution >= 0.6 is 8.53 Å². The van der Waals surface area contributed by atoms with Crippen LogP contribution in [0.1, 0.15) is 57.0 Å². The molecule has 3 fully saturated rings. The lowest BCUT2D eigenvalue weighted by Crippen LogP contribution is -2.36. The van der Waals surface area contributed by atoms with E-state index in [4.69, 9.17) is 13.8 Å². The van der Waals surface area contributed by atoms with Crippen molar-refractivity contribution in [2.24, 2.45) is 0 Å². The van der Waals surface area contributed by atoms with E-state index in [9.17, 15) is 0 Å². The minimum atomic E-state index is -1.15. The predicted octanol–water partition coefficient (Wildman–Crippen LogP) is 4.85. The second kappa shape index (κ2) is 8.36. The highest BCUT2D eigenvalue weighted by Gasteiger charge is 2.56. The van der Waals surface area contributed by atoms with Crippen molar-refractivity contribution in [1.82, 2.24) is 24.2 Å². The number of hydrogen-bond acceptors (Lipinski definition) is 7. The van der Waals surface area contributed by atoms with Crippen molar-refractivity contribution < 1.29 is 13.8 Å². The second-order valence-corrected chi connectivity index (χ2v) is 10.7. The maximum atomic E-state index is 6.75. The molecule has 0 amide bonds. The van der Waals surface area contributed by atoms with Crippen LogP contribution in [-0.4, -0.2) is 49.0 Å². The maximum Gasteiger partial charge on any atom is 0.260 e. The van der Waals surface area contributed by atoms with E-state index in [0.717, 1.165) is 42.7 Å². The molecule has 0 aliphatic carbocycles. The van der Waals surface area contributed by atoms with E-state index in [0.29, 0.717) is 6.04 Å². The summed E-state index contributed by atoms with van der Waals surface area (Å²) in [4.78, 5) is 13.2. The highest BCUT2D eigenvalue weighted by Crippen LogP contribution is 2.64. The van der Waals surface area contributed by atoms with Gasteiger partial charge in [-0.15, -0.1) is 0 Å². The van der Waals surface area contributed by atoms with Crippen molar-refractivity contribution in [2.45, 2.75) is 76.5 Å². The number of benzene rings is 1. The van der Waals surface area contributed by atoms with Gasteiger partial charge in [0.15, 0.2) is 5.65 Å². The minimum Gasteiger partial charge on any atom is -0.352 e. The number of nitrogens with zero attached hydrogens (tertiary/aromatic N) is 5. The zero-order valence-corrected chi connectivity index (χ0v) is 20.2. The molecule has 0 bridgehead atoms. The van der Waals surface area contributed by atoms with Crippen LogP contribution in [0, 0.1) is 6.92 Å². The Bertz CT molecular complexity index is 1140. The van der Waals surface area contributed by atoms with Gasteiger partial charge in [0.25, 0.3) is 8.53 Å². The molecular weight excluding hydrogens is 437 g/mol. The first-order chi connectivity index (χ1) is 16.1. The van der Waals surface area contributed by atoms with Gasteiger partial charge in [-0.2, -0.15) is 0 Å². The first kappa shape index (κ1) is 21.6. The Balaban J connectivity index is 1.24. The molecule has 8 nitrogen and oxygen atoms in total. The first-order valence-electron chi connectivity index (χ1n) is 11.9. The van der Waals surface area contributed by atoms with Crippen molar-refractivity contribution in [1.29, 1.82) is 0 Å². The third kappa shape index (κ3) is 3.51. The summed E-state index contributed by atoms with van der Waals surface area (Å²) in [6.07, 6.45) is 7.15. The van der Waals surface area contributed by atoms with E-state index < -0.39 is 8.53 Å². The molecule has 3 saturated heterocycles. The van der Waals surface area contributed by atoms with E-state index in [1.807, 2.05) is 17.8 Å². The average molecular weight is 468 g/mol. The molecule has 0 spiro atoms. The monoisotopic (exact) mass is 467 g/mol. The highest BCUT2D eigenvalue weighted by atomic mass is 31.2. The topological polar surface area (TPSA) is 74.5 Å². The number of aryl methyl sites for hydroxylation is 1. The fraction of sp³-hybridized carbons (Fsp3) is 0.542. The van der Waals surface area contributed by atoms with E-state index in [2.05, 4.69) is 63.8 Å².